The van der Waals surface area contributed by atoms with Gasteiger partial charge in [0.05, 0.1) is 17.3 Å². The molecule has 0 aliphatic carbocycles. The second kappa shape index (κ2) is 5.83. The lowest BCUT2D eigenvalue weighted by molar-refractivity contribution is -0.137. The molecule has 0 bridgehead atoms. The molecule has 1 atom stereocenters. The largest absolute Gasteiger partial charge is 0.416 e. The van der Waals surface area contributed by atoms with Crippen LogP contribution in [0.25, 0.3) is 0 Å². The summed E-state index contributed by atoms with van der Waals surface area (Å²) in [5, 5.41) is 11.7. The van der Waals surface area contributed by atoms with Crippen molar-refractivity contribution in [2.45, 2.75) is 12.2 Å². The average molecular weight is 294 g/mol. The van der Waals surface area contributed by atoms with Gasteiger partial charge in [-0.1, -0.05) is 24.3 Å². The molecule has 0 amide bonds. The Morgan fingerprint density at radius 1 is 1.05 bits per heavy atom. The Labute approximate surface area is 118 Å². The summed E-state index contributed by atoms with van der Waals surface area (Å²) >= 11 is 0. The summed E-state index contributed by atoms with van der Waals surface area (Å²) in [6, 6.07) is 10.8. The highest BCUT2D eigenvalue weighted by Gasteiger charge is 2.31. The molecule has 2 aromatic carbocycles. The number of rotatable bonds is 3. The van der Waals surface area contributed by atoms with E-state index in [1.807, 2.05) is 6.07 Å². The quantitative estimate of drug-likeness (QED) is 0.845. The van der Waals surface area contributed by atoms with Crippen LogP contribution >= 0.6 is 0 Å². The summed E-state index contributed by atoms with van der Waals surface area (Å²) in [5.41, 5.74) is -0.673. The fraction of sp³-hybridized carbons (Fsp3) is 0.133. The number of benzene rings is 2. The van der Waals surface area contributed by atoms with Crippen molar-refractivity contribution in [1.29, 1.82) is 5.26 Å². The Kier molecular flexibility index (Phi) is 4.13. The number of hydrogen-bond acceptors (Lipinski definition) is 2. The van der Waals surface area contributed by atoms with Gasteiger partial charge in [-0.25, -0.2) is 4.39 Å². The van der Waals surface area contributed by atoms with E-state index in [2.05, 4.69) is 5.32 Å². The van der Waals surface area contributed by atoms with Crippen molar-refractivity contribution < 1.29 is 17.6 Å². The van der Waals surface area contributed by atoms with Crippen LogP contribution in [0.4, 0.5) is 23.2 Å². The maximum atomic E-state index is 13.5. The number of nitrogens with one attached hydrogen (secondary N) is 1. The van der Waals surface area contributed by atoms with Gasteiger partial charge in [0.2, 0.25) is 0 Å². The summed E-state index contributed by atoms with van der Waals surface area (Å²) < 4.78 is 51.5. The van der Waals surface area contributed by atoms with Crippen LogP contribution in [0.5, 0.6) is 0 Å². The average Bonchev–Trinajstić information content (AvgIpc) is 2.46. The minimum Gasteiger partial charge on any atom is -0.364 e. The van der Waals surface area contributed by atoms with E-state index < -0.39 is 23.6 Å². The Morgan fingerprint density at radius 2 is 1.76 bits per heavy atom. The molecule has 6 heteroatoms. The van der Waals surface area contributed by atoms with Gasteiger partial charge in [0.1, 0.15) is 11.9 Å². The van der Waals surface area contributed by atoms with Gasteiger partial charge < -0.3 is 5.32 Å². The third-order valence-corrected chi connectivity index (χ3v) is 2.85. The summed E-state index contributed by atoms with van der Waals surface area (Å²) in [4.78, 5) is 0. The fourth-order valence-electron chi connectivity index (χ4n) is 1.82. The maximum absolute atomic E-state index is 13.5. The van der Waals surface area contributed by atoms with Crippen molar-refractivity contribution in [3.8, 4) is 6.07 Å². The number of anilines is 1. The first kappa shape index (κ1) is 14.9. The van der Waals surface area contributed by atoms with Crippen molar-refractivity contribution in [1.82, 2.24) is 0 Å². The third-order valence-electron chi connectivity index (χ3n) is 2.85. The molecule has 0 aromatic heterocycles. The number of nitrogens with zero attached hydrogens (tertiary/aromatic N) is 1. The van der Waals surface area contributed by atoms with E-state index in [1.54, 1.807) is 6.07 Å². The number of halogens is 4. The molecule has 1 unspecified atom stereocenters. The Bertz CT molecular complexity index is 674. The summed E-state index contributed by atoms with van der Waals surface area (Å²) in [7, 11) is 0. The SMILES string of the molecule is N#CC(Nc1ccccc1F)c1cccc(C(F)(F)F)c1. The van der Waals surface area contributed by atoms with E-state index >= 15 is 0 Å². The Balaban J connectivity index is 2.31. The van der Waals surface area contributed by atoms with Crippen LogP contribution in [0, 0.1) is 17.1 Å². The molecule has 0 aliphatic rings. The molecule has 0 heterocycles. The molecule has 21 heavy (non-hydrogen) atoms. The van der Waals surface area contributed by atoms with Gasteiger partial charge in [0.15, 0.2) is 0 Å². The second-order valence-corrected chi connectivity index (χ2v) is 4.31. The minimum atomic E-state index is -4.49. The first-order valence-corrected chi connectivity index (χ1v) is 5.99. The molecule has 0 fully saturated rings. The minimum absolute atomic E-state index is 0.0569. The smallest absolute Gasteiger partial charge is 0.364 e. The molecule has 0 spiro atoms. The van der Waals surface area contributed by atoms with Crippen LogP contribution in [0.3, 0.4) is 0 Å². The molecule has 0 aliphatic heterocycles. The molecule has 2 nitrogen and oxygen atoms in total. The summed E-state index contributed by atoms with van der Waals surface area (Å²) in [5.74, 6) is -0.579. The third kappa shape index (κ3) is 3.51. The lowest BCUT2D eigenvalue weighted by Crippen LogP contribution is -2.12. The van der Waals surface area contributed by atoms with E-state index in [9.17, 15) is 17.6 Å². The normalized spacial score (nSPS) is 12.5. The van der Waals surface area contributed by atoms with Crippen LogP contribution in [-0.2, 0) is 6.18 Å². The van der Waals surface area contributed by atoms with Crippen molar-refractivity contribution in [3.63, 3.8) is 0 Å². The number of para-hydroxylation sites is 1. The first-order chi connectivity index (χ1) is 9.91. The molecule has 0 saturated heterocycles. The Hall–Kier alpha value is -2.55. The predicted octanol–water partition coefficient (Wildman–Crippen LogP) is 4.52. The highest BCUT2D eigenvalue weighted by molar-refractivity contribution is 5.49. The maximum Gasteiger partial charge on any atom is 0.416 e. The van der Waals surface area contributed by atoms with Crippen LogP contribution in [0.2, 0.25) is 0 Å². The zero-order valence-corrected chi connectivity index (χ0v) is 10.7. The lowest BCUT2D eigenvalue weighted by Gasteiger charge is -2.15. The molecular weight excluding hydrogens is 284 g/mol. The molecule has 0 radical (unpaired) electrons. The van der Waals surface area contributed by atoms with E-state index in [-0.39, 0.29) is 11.3 Å². The zero-order valence-electron chi connectivity index (χ0n) is 10.7. The molecule has 1 N–H and O–H groups in total. The standard InChI is InChI=1S/C15H10F4N2/c16-12-6-1-2-7-13(12)21-14(9-20)10-4-3-5-11(8-10)15(17,18)19/h1-8,14,21H. The van der Waals surface area contributed by atoms with Gasteiger partial charge in [-0.2, -0.15) is 18.4 Å². The van der Waals surface area contributed by atoms with Gasteiger partial charge in [-0.3, -0.25) is 0 Å². The topological polar surface area (TPSA) is 35.8 Å². The number of nitriles is 1. The van der Waals surface area contributed by atoms with Crippen LogP contribution < -0.4 is 5.32 Å². The van der Waals surface area contributed by atoms with Crippen molar-refractivity contribution in [3.05, 3.63) is 65.5 Å². The highest BCUT2D eigenvalue weighted by atomic mass is 19.4. The van der Waals surface area contributed by atoms with Gasteiger partial charge >= 0.3 is 6.18 Å². The summed E-state index contributed by atoms with van der Waals surface area (Å²) in [6.45, 7) is 0. The fourth-order valence-corrected chi connectivity index (χ4v) is 1.82. The van der Waals surface area contributed by atoms with Gasteiger partial charge in [0.25, 0.3) is 0 Å². The first-order valence-electron chi connectivity index (χ1n) is 5.99. The zero-order chi connectivity index (χ0) is 15.5. The van der Waals surface area contributed by atoms with Crippen molar-refractivity contribution in [2.75, 3.05) is 5.32 Å². The summed E-state index contributed by atoms with van der Waals surface area (Å²) in [6.07, 6.45) is -4.49. The molecule has 0 saturated carbocycles. The number of alkyl halides is 3. The number of hydrogen-bond donors (Lipinski definition) is 1. The second-order valence-electron chi connectivity index (χ2n) is 4.31. The van der Waals surface area contributed by atoms with Crippen molar-refractivity contribution in [2.24, 2.45) is 0 Å². The van der Waals surface area contributed by atoms with E-state index in [4.69, 9.17) is 5.26 Å². The highest BCUT2D eigenvalue weighted by Crippen LogP contribution is 2.31. The van der Waals surface area contributed by atoms with E-state index in [0.29, 0.717) is 0 Å². The van der Waals surface area contributed by atoms with Gasteiger partial charge in [-0.05, 0) is 29.8 Å². The Morgan fingerprint density at radius 3 is 2.38 bits per heavy atom. The van der Waals surface area contributed by atoms with Crippen LogP contribution in [-0.4, -0.2) is 0 Å². The molecule has 2 rings (SSSR count). The van der Waals surface area contributed by atoms with Crippen LogP contribution in [0.15, 0.2) is 48.5 Å². The van der Waals surface area contributed by atoms with Crippen LogP contribution in [0.1, 0.15) is 17.2 Å². The molecular formula is C15H10F4N2. The molecule has 2 aromatic rings. The van der Waals surface area contributed by atoms with Crippen molar-refractivity contribution >= 4 is 5.69 Å². The molecule has 108 valence electrons. The monoisotopic (exact) mass is 294 g/mol. The van der Waals surface area contributed by atoms with E-state index in [0.717, 1.165) is 12.1 Å². The van der Waals surface area contributed by atoms with Gasteiger partial charge in [-0.15, -0.1) is 0 Å². The van der Waals surface area contributed by atoms with E-state index in [1.165, 1.54) is 30.3 Å². The predicted molar refractivity (Wildman–Crippen MR) is 69.8 cm³/mol. The lowest BCUT2D eigenvalue weighted by atomic mass is 10.0. The van der Waals surface area contributed by atoms with Gasteiger partial charge in [0, 0.05) is 0 Å².